The van der Waals surface area contributed by atoms with E-state index in [1.165, 1.54) is 11.8 Å². The van der Waals surface area contributed by atoms with E-state index >= 15 is 0 Å². The summed E-state index contributed by atoms with van der Waals surface area (Å²) < 4.78 is 16.2. The summed E-state index contributed by atoms with van der Waals surface area (Å²) in [5.41, 5.74) is 2.63. The molecule has 0 saturated carbocycles. The number of hydrogen-bond donors (Lipinski definition) is 1. The number of anilines is 2. The van der Waals surface area contributed by atoms with E-state index in [-0.39, 0.29) is 11.7 Å². The molecule has 0 atom stereocenters. The van der Waals surface area contributed by atoms with Gasteiger partial charge in [0.1, 0.15) is 5.76 Å². The minimum atomic E-state index is -0.136. The summed E-state index contributed by atoms with van der Waals surface area (Å²) in [5, 5.41) is 11.2. The largest absolute Gasteiger partial charge is 0.469 e. The van der Waals surface area contributed by atoms with Gasteiger partial charge in [-0.15, -0.1) is 10.2 Å². The molecule has 9 heteroatoms. The molecule has 1 aliphatic rings. The van der Waals surface area contributed by atoms with E-state index in [0.717, 1.165) is 43.2 Å². The van der Waals surface area contributed by atoms with Crippen LogP contribution >= 0.6 is 11.8 Å². The number of nitrogens with one attached hydrogen (secondary N) is 1. The minimum Gasteiger partial charge on any atom is -0.469 e. The predicted octanol–water partition coefficient (Wildman–Crippen LogP) is 3.21. The molecule has 1 fully saturated rings. The Morgan fingerprint density at radius 1 is 1.18 bits per heavy atom. The summed E-state index contributed by atoms with van der Waals surface area (Å²) in [6.07, 6.45) is 1.57. The van der Waals surface area contributed by atoms with Crippen LogP contribution in [0.1, 0.15) is 5.76 Å². The molecular formula is C19H20N4O4S. The number of hydrogen-bond acceptors (Lipinski definition) is 8. The lowest BCUT2D eigenvalue weighted by Crippen LogP contribution is -2.36. The van der Waals surface area contributed by atoms with Gasteiger partial charge in [0, 0.05) is 24.5 Å². The zero-order valence-electron chi connectivity index (χ0n) is 15.4. The van der Waals surface area contributed by atoms with Crippen molar-refractivity contribution in [3.8, 4) is 11.5 Å². The highest BCUT2D eigenvalue weighted by Gasteiger charge is 2.15. The fraction of sp³-hybridized carbons (Fsp3) is 0.316. The lowest BCUT2D eigenvalue weighted by molar-refractivity contribution is -0.113. The lowest BCUT2D eigenvalue weighted by Gasteiger charge is -2.28. The van der Waals surface area contributed by atoms with Gasteiger partial charge in [0.25, 0.3) is 11.1 Å². The number of ether oxygens (including phenoxy) is 1. The molecule has 0 bridgehead atoms. The quantitative estimate of drug-likeness (QED) is 0.631. The zero-order chi connectivity index (χ0) is 19.3. The van der Waals surface area contributed by atoms with Crippen molar-refractivity contribution in [2.45, 2.75) is 12.1 Å². The van der Waals surface area contributed by atoms with Gasteiger partial charge in [-0.05, 0) is 37.3 Å². The van der Waals surface area contributed by atoms with Gasteiger partial charge >= 0.3 is 0 Å². The van der Waals surface area contributed by atoms with E-state index in [4.69, 9.17) is 13.6 Å². The fourth-order valence-electron chi connectivity index (χ4n) is 2.89. The number of morpholine rings is 1. The van der Waals surface area contributed by atoms with Crippen LogP contribution in [0.4, 0.5) is 11.4 Å². The van der Waals surface area contributed by atoms with E-state index in [1.54, 1.807) is 12.3 Å². The molecule has 0 radical (unpaired) electrons. The van der Waals surface area contributed by atoms with E-state index in [2.05, 4.69) is 20.4 Å². The van der Waals surface area contributed by atoms with Crippen LogP contribution in [0.2, 0.25) is 0 Å². The maximum absolute atomic E-state index is 12.2. The predicted molar refractivity (Wildman–Crippen MR) is 106 cm³/mol. The highest BCUT2D eigenvalue weighted by Crippen LogP contribution is 2.26. The van der Waals surface area contributed by atoms with E-state index in [9.17, 15) is 4.79 Å². The molecular weight excluding hydrogens is 380 g/mol. The Bertz CT molecular complexity index is 932. The van der Waals surface area contributed by atoms with Gasteiger partial charge in [-0.3, -0.25) is 4.79 Å². The molecule has 4 rings (SSSR count). The molecule has 8 nitrogen and oxygen atoms in total. The van der Waals surface area contributed by atoms with Crippen LogP contribution in [0.3, 0.4) is 0 Å². The molecule has 1 aromatic carbocycles. The molecule has 3 heterocycles. The van der Waals surface area contributed by atoms with Gasteiger partial charge in [-0.25, -0.2) is 0 Å². The third-order valence-electron chi connectivity index (χ3n) is 4.35. The lowest BCUT2D eigenvalue weighted by atomic mass is 10.2. The smallest absolute Gasteiger partial charge is 0.277 e. The molecule has 0 spiro atoms. The van der Waals surface area contributed by atoms with Crippen LogP contribution < -0.4 is 10.2 Å². The number of amides is 1. The second-order valence-corrected chi connectivity index (χ2v) is 7.17. The van der Waals surface area contributed by atoms with Crippen molar-refractivity contribution >= 4 is 29.0 Å². The van der Waals surface area contributed by atoms with Crippen molar-refractivity contribution < 1.29 is 18.4 Å². The van der Waals surface area contributed by atoms with Crippen LogP contribution in [-0.4, -0.2) is 48.2 Å². The Balaban J connectivity index is 1.29. The molecule has 146 valence electrons. The molecule has 0 unspecified atom stereocenters. The summed E-state index contributed by atoms with van der Waals surface area (Å²) in [7, 11) is 0. The Morgan fingerprint density at radius 2 is 1.96 bits per heavy atom. The normalized spacial score (nSPS) is 14.2. The van der Waals surface area contributed by atoms with Crippen molar-refractivity contribution in [2.24, 2.45) is 0 Å². The molecule has 0 aliphatic carbocycles. The van der Waals surface area contributed by atoms with E-state index in [1.807, 2.05) is 31.2 Å². The van der Waals surface area contributed by atoms with Crippen molar-refractivity contribution in [3.05, 3.63) is 42.4 Å². The number of nitrogens with zero attached hydrogens (tertiary/aromatic N) is 3. The molecule has 2 aromatic heterocycles. The zero-order valence-corrected chi connectivity index (χ0v) is 16.2. The number of benzene rings is 1. The van der Waals surface area contributed by atoms with Crippen LogP contribution in [-0.2, 0) is 9.53 Å². The fourth-order valence-corrected chi connectivity index (χ4v) is 3.45. The highest BCUT2D eigenvalue weighted by molar-refractivity contribution is 7.99. The molecule has 1 aliphatic heterocycles. The summed E-state index contributed by atoms with van der Waals surface area (Å²) >= 11 is 1.19. The molecule has 1 saturated heterocycles. The highest BCUT2D eigenvalue weighted by atomic mass is 32.2. The second kappa shape index (κ2) is 8.49. The molecule has 3 aromatic rings. The standard InChI is InChI=1S/C19H20N4O4S/c1-13-16(6-9-26-13)18-21-22-19(27-18)28-12-17(24)20-14-2-4-15(5-3-14)23-7-10-25-11-8-23/h2-6,9H,7-8,10-12H2,1H3,(H,20,24). The molecule has 28 heavy (non-hydrogen) atoms. The van der Waals surface area contributed by atoms with Crippen molar-refractivity contribution in [3.63, 3.8) is 0 Å². The van der Waals surface area contributed by atoms with Crippen LogP contribution in [0.15, 0.2) is 50.7 Å². The molecule has 1 N–H and O–H groups in total. The number of aryl methyl sites for hydroxylation is 1. The monoisotopic (exact) mass is 400 g/mol. The summed E-state index contributed by atoms with van der Waals surface area (Å²) in [5.74, 6) is 1.13. The first-order valence-corrected chi connectivity index (χ1v) is 9.91. The van der Waals surface area contributed by atoms with Gasteiger partial charge in [0.2, 0.25) is 5.91 Å². The van der Waals surface area contributed by atoms with Crippen LogP contribution in [0.25, 0.3) is 11.5 Å². The first kappa shape index (κ1) is 18.6. The van der Waals surface area contributed by atoms with Crippen molar-refractivity contribution in [2.75, 3.05) is 42.3 Å². The number of carbonyl (C=O) groups is 1. The average molecular weight is 400 g/mol. The molecule has 1 amide bonds. The third kappa shape index (κ3) is 4.37. The third-order valence-corrected chi connectivity index (χ3v) is 5.17. The Kier molecular flexibility index (Phi) is 5.63. The summed E-state index contributed by atoms with van der Waals surface area (Å²) in [6.45, 7) is 5.07. The number of aromatic nitrogens is 2. The van der Waals surface area contributed by atoms with Crippen molar-refractivity contribution in [1.82, 2.24) is 10.2 Å². The first-order chi connectivity index (χ1) is 13.7. The van der Waals surface area contributed by atoms with E-state index < -0.39 is 0 Å². The van der Waals surface area contributed by atoms with Crippen LogP contribution in [0.5, 0.6) is 0 Å². The van der Waals surface area contributed by atoms with E-state index in [0.29, 0.717) is 16.9 Å². The first-order valence-electron chi connectivity index (χ1n) is 8.92. The number of rotatable bonds is 6. The van der Waals surface area contributed by atoms with Gasteiger partial charge in [0.15, 0.2) is 0 Å². The maximum atomic E-state index is 12.2. The summed E-state index contributed by atoms with van der Waals surface area (Å²) in [4.78, 5) is 14.5. The number of furan rings is 1. The Labute approximate surface area is 166 Å². The Hall–Kier alpha value is -2.78. The maximum Gasteiger partial charge on any atom is 0.277 e. The van der Waals surface area contributed by atoms with Gasteiger partial charge in [-0.2, -0.15) is 0 Å². The van der Waals surface area contributed by atoms with Gasteiger partial charge in [0.05, 0.1) is 30.8 Å². The second-order valence-electron chi connectivity index (χ2n) is 6.25. The topological polar surface area (TPSA) is 93.6 Å². The Morgan fingerprint density at radius 3 is 2.68 bits per heavy atom. The SMILES string of the molecule is Cc1occc1-c1nnc(SCC(=O)Nc2ccc(N3CCOCC3)cc2)o1. The number of carbonyl (C=O) groups excluding carboxylic acids is 1. The number of thioether (sulfide) groups is 1. The van der Waals surface area contributed by atoms with Gasteiger partial charge in [-0.1, -0.05) is 11.8 Å². The van der Waals surface area contributed by atoms with Gasteiger partial charge < -0.3 is 23.8 Å². The van der Waals surface area contributed by atoms with Crippen LogP contribution in [0, 0.1) is 6.92 Å². The average Bonchev–Trinajstić information content (AvgIpc) is 3.36. The van der Waals surface area contributed by atoms with Crippen molar-refractivity contribution in [1.29, 1.82) is 0 Å². The summed E-state index contributed by atoms with van der Waals surface area (Å²) in [6, 6.07) is 9.58. The minimum absolute atomic E-state index is 0.136.